The topological polar surface area (TPSA) is 153 Å². The van der Waals surface area contributed by atoms with Crippen molar-refractivity contribution in [3.63, 3.8) is 0 Å². The van der Waals surface area contributed by atoms with Gasteiger partial charge in [0, 0.05) is 18.2 Å². The lowest BCUT2D eigenvalue weighted by Crippen LogP contribution is -2.27. The standard InChI is InChI=1S/C19H15N3O8S/c1-2-30-15-8-12(7-14(17(15)23)22(28)29)9-16-18(24)20(19(25)31-16)10-11-3-5-13(6-4-11)21(26)27/h3-9,23H,2,10H2,1H3. The predicted molar refractivity (Wildman–Crippen MR) is 111 cm³/mol. The molecule has 12 heteroatoms. The highest BCUT2D eigenvalue weighted by molar-refractivity contribution is 8.18. The van der Waals surface area contributed by atoms with Crippen molar-refractivity contribution >= 4 is 40.4 Å². The summed E-state index contributed by atoms with van der Waals surface area (Å²) in [5.74, 6) is -1.36. The number of phenols is 1. The molecule has 0 radical (unpaired) electrons. The molecular formula is C19H15N3O8S. The fourth-order valence-electron chi connectivity index (χ4n) is 2.80. The Morgan fingerprint density at radius 3 is 2.39 bits per heavy atom. The van der Waals surface area contributed by atoms with Crippen LogP contribution < -0.4 is 4.74 Å². The monoisotopic (exact) mass is 445 g/mol. The van der Waals surface area contributed by atoms with Gasteiger partial charge in [-0.1, -0.05) is 12.1 Å². The van der Waals surface area contributed by atoms with Crippen molar-refractivity contribution < 1.29 is 29.3 Å². The van der Waals surface area contributed by atoms with Gasteiger partial charge < -0.3 is 9.84 Å². The van der Waals surface area contributed by atoms with Crippen LogP contribution in [-0.4, -0.2) is 37.6 Å². The summed E-state index contributed by atoms with van der Waals surface area (Å²) in [5, 5.41) is 31.4. The molecule has 1 aliphatic rings. The number of nitro benzene ring substituents is 2. The van der Waals surface area contributed by atoms with Crippen LogP contribution in [-0.2, 0) is 11.3 Å². The number of imide groups is 1. The number of carbonyl (C=O) groups excluding carboxylic acids is 2. The number of ether oxygens (including phenoxy) is 1. The largest absolute Gasteiger partial charge is 0.500 e. The predicted octanol–water partition coefficient (Wildman–Crippen LogP) is 3.84. The zero-order valence-corrected chi connectivity index (χ0v) is 16.8. The second kappa shape index (κ2) is 8.83. The van der Waals surface area contributed by atoms with E-state index in [1.165, 1.54) is 36.4 Å². The molecule has 1 heterocycles. The van der Waals surface area contributed by atoms with E-state index < -0.39 is 32.4 Å². The van der Waals surface area contributed by atoms with E-state index >= 15 is 0 Å². The zero-order chi connectivity index (χ0) is 22.7. The van der Waals surface area contributed by atoms with Crippen molar-refractivity contribution in [1.29, 1.82) is 0 Å². The van der Waals surface area contributed by atoms with Gasteiger partial charge in [-0.2, -0.15) is 0 Å². The highest BCUT2D eigenvalue weighted by Crippen LogP contribution is 2.39. The summed E-state index contributed by atoms with van der Waals surface area (Å²) < 4.78 is 5.21. The number of aromatic hydroxyl groups is 1. The van der Waals surface area contributed by atoms with Crippen molar-refractivity contribution in [3.05, 3.63) is 72.7 Å². The van der Waals surface area contributed by atoms with E-state index in [0.29, 0.717) is 17.3 Å². The number of nitrogens with zero attached hydrogens (tertiary/aromatic N) is 3. The lowest BCUT2D eigenvalue weighted by atomic mass is 10.1. The third kappa shape index (κ3) is 4.64. The summed E-state index contributed by atoms with van der Waals surface area (Å²) in [5.41, 5.74) is 0.0148. The Balaban J connectivity index is 1.87. The second-order valence-corrected chi connectivity index (χ2v) is 7.26. The lowest BCUT2D eigenvalue weighted by Gasteiger charge is -2.12. The molecule has 31 heavy (non-hydrogen) atoms. The maximum absolute atomic E-state index is 12.7. The number of non-ortho nitro benzene ring substituents is 1. The van der Waals surface area contributed by atoms with Gasteiger partial charge in [0.1, 0.15) is 0 Å². The normalized spacial score (nSPS) is 14.9. The first-order chi connectivity index (χ1) is 14.7. The van der Waals surface area contributed by atoms with Crippen LogP contribution in [0.4, 0.5) is 16.2 Å². The van der Waals surface area contributed by atoms with Crippen molar-refractivity contribution in [2.24, 2.45) is 0 Å². The van der Waals surface area contributed by atoms with E-state index in [9.17, 15) is 34.9 Å². The molecule has 11 nitrogen and oxygen atoms in total. The highest BCUT2D eigenvalue weighted by atomic mass is 32.2. The molecular weight excluding hydrogens is 430 g/mol. The number of amides is 2. The minimum Gasteiger partial charge on any atom is -0.500 e. The zero-order valence-electron chi connectivity index (χ0n) is 16.0. The van der Waals surface area contributed by atoms with Gasteiger partial charge in [-0.3, -0.25) is 34.7 Å². The van der Waals surface area contributed by atoms with Crippen molar-refractivity contribution in [2.45, 2.75) is 13.5 Å². The molecule has 160 valence electrons. The smallest absolute Gasteiger partial charge is 0.315 e. The molecule has 0 bridgehead atoms. The van der Waals surface area contributed by atoms with Crippen LogP contribution in [0.25, 0.3) is 6.08 Å². The van der Waals surface area contributed by atoms with E-state index in [2.05, 4.69) is 0 Å². The number of benzene rings is 2. The number of hydrogen-bond acceptors (Lipinski definition) is 9. The van der Waals surface area contributed by atoms with Crippen LogP contribution in [0.1, 0.15) is 18.1 Å². The molecule has 0 aliphatic carbocycles. The van der Waals surface area contributed by atoms with Crippen molar-refractivity contribution in [3.8, 4) is 11.5 Å². The Kier molecular flexibility index (Phi) is 6.20. The Morgan fingerprint density at radius 1 is 1.13 bits per heavy atom. The Labute approximate surface area is 179 Å². The number of thioether (sulfide) groups is 1. The Bertz CT molecular complexity index is 1110. The summed E-state index contributed by atoms with van der Waals surface area (Å²) in [4.78, 5) is 46.6. The molecule has 2 amide bonds. The van der Waals surface area contributed by atoms with Crippen LogP contribution >= 0.6 is 11.8 Å². The van der Waals surface area contributed by atoms with E-state index in [-0.39, 0.29) is 35.1 Å². The van der Waals surface area contributed by atoms with Crippen molar-refractivity contribution in [2.75, 3.05) is 6.61 Å². The Morgan fingerprint density at radius 2 is 1.81 bits per heavy atom. The second-order valence-electron chi connectivity index (χ2n) is 6.27. The van der Waals surface area contributed by atoms with Gasteiger partial charge in [0.25, 0.3) is 16.8 Å². The number of hydrogen-bond donors (Lipinski definition) is 1. The van der Waals surface area contributed by atoms with Crippen LogP contribution in [0.5, 0.6) is 11.5 Å². The summed E-state index contributed by atoms with van der Waals surface area (Å²) >= 11 is 0.659. The average Bonchev–Trinajstić information content (AvgIpc) is 2.98. The summed E-state index contributed by atoms with van der Waals surface area (Å²) in [6.45, 7) is 1.71. The molecule has 2 aromatic carbocycles. The van der Waals surface area contributed by atoms with E-state index in [1.54, 1.807) is 6.92 Å². The van der Waals surface area contributed by atoms with Crippen LogP contribution in [0.15, 0.2) is 41.3 Å². The maximum atomic E-state index is 12.7. The van der Waals surface area contributed by atoms with Crippen LogP contribution in [0.2, 0.25) is 0 Å². The van der Waals surface area contributed by atoms with Gasteiger partial charge in [-0.25, -0.2) is 0 Å². The third-order valence-electron chi connectivity index (χ3n) is 4.23. The quantitative estimate of drug-likeness (QED) is 0.380. The van der Waals surface area contributed by atoms with Crippen molar-refractivity contribution in [1.82, 2.24) is 4.90 Å². The molecule has 1 aliphatic heterocycles. The molecule has 3 rings (SSSR count). The SMILES string of the molecule is CCOc1cc(C=C2SC(=O)N(Cc3ccc([N+](=O)[O-])cc3)C2=O)cc([N+](=O)[O-])c1O. The van der Waals surface area contributed by atoms with Gasteiger partial charge in [-0.15, -0.1) is 0 Å². The number of carbonyl (C=O) groups is 2. The molecule has 1 fully saturated rings. The molecule has 0 unspecified atom stereocenters. The summed E-state index contributed by atoms with van der Waals surface area (Å²) in [6, 6.07) is 7.84. The first-order valence-corrected chi connectivity index (χ1v) is 9.65. The fourth-order valence-corrected chi connectivity index (χ4v) is 3.63. The first-order valence-electron chi connectivity index (χ1n) is 8.84. The van der Waals surface area contributed by atoms with Gasteiger partial charge in [0.2, 0.25) is 5.75 Å². The maximum Gasteiger partial charge on any atom is 0.315 e. The molecule has 1 saturated heterocycles. The van der Waals surface area contributed by atoms with E-state index in [0.717, 1.165) is 11.0 Å². The number of phenolic OH excluding ortho intramolecular Hbond substituents is 1. The highest BCUT2D eigenvalue weighted by Gasteiger charge is 2.35. The van der Waals surface area contributed by atoms with E-state index in [4.69, 9.17) is 4.74 Å². The molecule has 1 N–H and O–H groups in total. The summed E-state index contributed by atoms with van der Waals surface area (Å²) in [6.07, 6.45) is 1.30. The lowest BCUT2D eigenvalue weighted by molar-refractivity contribution is -0.386. The number of rotatable bonds is 7. The first kappa shape index (κ1) is 21.8. The van der Waals surface area contributed by atoms with Crippen LogP contribution in [0, 0.1) is 20.2 Å². The fraction of sp³-hybridized carbons (Fsp3) is 0.158. The Hall–Kier alpha value is -3.93. The molecule has 0 spiro atoms. The molecule has 2 aromatic rings. The molecule has 0 atom stereocenters. The summed E-state index contributed by atoms with van der Waals surface area (Å²) in [7, 11) is 0. The van der Waals surface area contributed by atoms with Gasteiger partial charge in [-0.05, 0) is 42.0 Å². The minimum absolute atomic E-state index is 0.0364. The molecule has 0 aromatic heterocycles. The number of nitro groups is 2. The average molecular weight is 445 g/mol. The van der Waals surface area contributed by atoms with Crippen LogP contribution in [0.3, 0.4) is 0 Å². The van der Waals surface area contributed by atoms with E-state index in [1.807, 2.05) is 0 Å². The minimum atomic E-state index is -0.782. The van der Waals surface area contributed by atoms with Gasteiger partial charge in [0.05, 0.1) is 27.9 Å². The van der Waals surface area contributed by atoms with Gasteiger partial charge >= 0.3 is 5.69 Å². The molecule has 0 saturated carbocycles. The van der Waals surface area contributed by atoms with Gasteiger partial charge in [0.15, 0.2) is 5.75 Å². The third-order valence-corrected chi connectivity index (χ3v) is 5.14.